The van der Waals surface area contributed by atoms with Crippen molar-refractivity contribution in [2.24, 2.45) is 0 Å². The van der Waals surface area contributed by atoms with Gasteiger partial charge < -0.3 is 10.2 Å². The minimum absolute atomic E-state index is 0.102. The van der Waals surface area contributed by atoms with Crippen LogP contribution in [0.5, 0.6) is 0 Å². The molecule has 1 aromatic rings. The van der Waals surface area contributed by atoms with E-state index in [4.69, 9.17) is 4.55 Å². The number of hydrogen-bond acceptors (Lipinski definition) is 7. The van der Waals surface area contributed by atoms with Gasteiger partial charge in [-0.3, -0.25) is 14.1 Å². The standard InChI is InChI=1S/C13H15N3O7S2/c17-10(11-2-1-5-24-11)6-14-12(18)9-4-3-8-7-15(9)13(19)16(8)23-25(20,21)22/h1-2,5,8-9H,3-4,6-7H2,(H,14,18)(H,20,21,22)/t8-,9+/m1/s1. The number of Topliss-reactive ketones (excluding diaryl/α,β-unsaturated/α-hetero) is 1. The first-order valence-electron chi connectivity index (χ1n) is 7.37. The Morgan fingerprint density at radius 3 is 2.80 bits per heavy atom. The Balaban J connectivity index is 1.61. The molecule has 0 unspecified atom stereocenters. The Labute approximate surface area is 147 Å². The van der Waals surface area contributed by atoms with E-state index in [-0.39, 0.29) is 18.9 Å². The van der Waals surface area contributed by atoms with Crippen LogP contribution < -0.4 is 5.32 Å². The van der Waals surface area contributed by atoms with Crippen LogP contribution in [0.2, 0.25) is 0 Å². The third kappa shape index (κ3) is 3.81. The molecule has 2 fully saturated rings. The Kier molecular flexibility index (Phi) is 4.77. The highest BCUT2D eigenvalue weighted by atomic mass is 32.3. The number of rotatable bonds is 6. The summed E-state index contributed by atoms with van der Waals surface area (Å²) in [4.78, 5) is 38.1. The number of urea groups is 1. The fourth-order valence-electron chi connectivity index (χ4n) is 2.91. The van der Waals surface area contributed by atoms with E-state index in [1.165, 1.54) is 16.2 Å². The molecule has 2 bridgehead atoms. The monoisotopic (exact) mass is 389 g/mol. The Morgan fingerprint density at radius 1 is 1.40 bits per heavy atom. The molecule has 2 atom stereocenters. The SMILES string of the molecule is O=C(CNC(=O)[C@@H]1CC[C@@H]2CN1C(=O)N2OS(=O)(=O)O)c1cccs1. The van der Waals surface area contributed by atoms with Crippen LogP contribution >= 0.6 is 11.3 Å². The summed E-state index contributed by atoms with van der Waals surface area (Å²) in [6.07, 6.45) is 0.621. The van der Waals surface area contributed by atoms with Crippen molar-refractivity contribution in [3.8, 4) is 0 Å². The van der Waals surface area contributed by atoms with Gasteiger partial charge in [0.25, 0.3) is 0 Å². The van der Waals surface area contributed by atoms with Crippen molar-refractivity contribution in [1.82, 2.24) is 15.3 Å². The van der Waals surface area contributed by atoms with Crippen LogP contribution in [0, 0.1) is 0 Å². The number of amides is 3. The summed E-state index contributed by atoms with van der Waals surface area (Å²) in [5.74, 6) is -0.730. The van der Waals surface area contributed by atoms with Gasteiger partial charge in [-0.15, -0.1) is 15.6 Å². The molecule has 3 rings (SSSR count). The number of carbonyl (C=O) groups excluding carboxylic acids is 3. The first-order valence-corrected chi connectivity index (χ1v) is 9.62. The lowest BCUT2D eigenvalue weighted by atomic mass is 10.0. The normalized spacial score (nSPS) is 23.0. The second-order valence-corrected chi connectivity index (χ2v) is 7.58. The third-order valence-corrected chi connectivity index (χ3v) is 5.28. The van der Waals surface area contributed by atoms with Gasteiger partial charge in [0.2, 0.25) is 5.91 Å². The van der Waals surface area contributed by atoms with Crippen molar-refractivity contribution in [1.29, 1.82) is 0 Å². The average Bonchev–Trinajstić information content (AvgIpc) is 3.16. The molecule has 2 aliphatic heterocycles. The maximum Gasteiger partial charge on any atom is 0.418 e. The van der Waals surface area contributed by atoms with Gasteiger partial charge in [-0.05, 0) is 24.3 Å². The van der Waals surface area contributed by atoms with Crippen molar-refractivity contribution < 1.29 is 31.6 Å². The van der Waals surface area contributed by atoms with E-state index in [0.29, 0.717) is 22.8 Å². The molecule has 136 valence electrons. The largest absolute Gasteiger partial charge is 0.418 e. The number of fused-ring (bicyclic) bond motifs is 2. The quantitative estimate of drug-likeness (QED) is 0.519. The molecule has 2 aliphatic rings. The molecule has 0 aliphatic carbocycles. The number of piperidine rings is 1. The van der Waals surface area contributed by atoms with Gasteiger partial charge >= 0.3 is 16.4 Å². The Morgan fingerprint density at radius 2 is 2.16 bits per heavy atom. The summed E-state index contributed by atoms with van der Waals surface area (Å²) >= 11 is 1.27. The summed E-state index contributed by atoms with van der Waals surface area (Å²) in [5, 5.41) is 4.83. The van der Waals surface area contributed by atoms with E-state index in [2.05, 4.69) is 9.60 Å². The van der Waals surface area contributed by atoms with Gasteiger partial charge in [0.15, 0.2) is 5.78 Å². The molecule has 0 saturated carbocycles. The molecule has 10 nitrogen and oxygen atoms in total. The summed E-state index contributed by atoms with van der Waals surface area (Å²) in [5.41, 5.74) is 0. The second kappa shape index (κ2) is 6.71. The van der Waals surface area contributed by atoms with Gasteiger partial charge in [0, 0.05) is 6.54 Å². The molecular weight excluding hydrogens is 374 g/mol. The third-order valence-electron chi connectivity index (χ3n) is 4.02. The molecule has 1 aromatic heterocycles. The minimum atomic E-state index is -4.83. The number of nitrogens with zero attached hydrogens (tertiary/aromatic N) is 2. The molecule has 12 heteroatoms. The van der Waals surface area contributed by atoms with Crippen LogP contribution in [0.3, 0.4) is 0 Å². The summed E-state index contributed by atoms with van der Waals surface area (Å²) in [7, 11) is -4.83. The predicted octanol–water partition coefficient (Wildman–Crippen LogP) is 0.0500. The lowest BCUT2D eigenvalue weighted by molar-refractivity contribution is -0.125. The first kappa shape index (κ1) is 17.8. The molecular formula is C13H15N3O7S2. The highest BCUT2D eigenvalue weighted by Gasteiger charge is 2.49. The lowest BCUT2D eigenvalue weighted by Crippen LogP contribution is -2.50. The van der Waals surface area contributed by atoms with E-state index in [0.717, 1.165) is 0 Å². The maximum atomic E-state index is 12.3. The van der Waals surface area contributed by atoms with Crippen LogP contribution in [-0.2, 0) is 19.5 Å². The topological polar surface area (TPSA) is 133 Å². The number of carbonyl (C=O) groups is 3. The zero-order chi connectivity index (χ0) is 18.2. The fourth-order valence-corrected chi connectivity index (χ4v) is 3.97. The maximum absolute atomic E-state index is 12.3. The predicted molar refractivity (Wildman–Crippen MR) is 85.0 cm³/mol. The Bertz CT molecular complexity index is 793. The number of thiophene rings is 1. The van der Waals surface area contributed by atoms with Crippen LogP contribution in [0.25, 0.3) is 0 Å². The number of nitrogens with one attached hydrogen (secondary N) is 1. The van der Waals surface area contributed by atoms with Gasteiger partial charge in [-0.25, -0.2) is 4.79 Å². The molecule has 0 radical (unpaired) electrons. The van der Waals surface area contributed by atoms with Crippen molar-refractivity contribution in [2.75, 3.05) is 13.1 Å². The van der Waals surface area contributed by atoms with Crippen molar-refractivity contribution in [3.05, 3.63) is 22.4 Å². The van der Waals surface area contributed by atoms with E-state index >= 15 is 0 Å². The van der Waals surface area contributed by atoms with Crippen molar-refractivity contribution in [2.45, 2.75) is 24.9 Å². The lowest BCUT2D eigenvalue weighted by Gasteiger charge is -2.29. The molecule has 3 heterocycles. The molecule has 2 saturated heterocycles. The van der Waals surface area contributed by atoms with Crippen molar-refractivity contribution >= 4 is 39.5 Å². The zero-order valence-electron chi connectivity index (χ0n) is 12.8. The average molecular weight is 389 g/mol. The molecule has 25 heavy (non-hydrogen) atoms. The molecule has 3 amide bonds. The number of hydroxylamine groups is 2. The summed E-state index contributed by atoms with van der Waals surface area (Å²) in [6, 6.07) is 1.18. The Hall–Kier alpha value is -2.02. The molecule has 0 spiro atoms. The smallest absolute Gasteiger partial charge is 0.347 e. The van der Waals surface area contributed by atoms with E-state index in [1.54, 1.807) is 17.5 Å². The first-order chi connectivity index (χ1) is 11.8. The minimum Gasteiger partial charge on any atom is -0.347 e. The highest BCUT2D eigenvalue weighted by molar-refractivity contribution is 7.80. The second-order valence-electron chi connectivity index (χ2n) is 5.63. The van der Waals surface area contributed by atoms with Gasteiger partial charge in [-0.1, -0.05) is 6.07 Å². The van der Waals surface area contributed by atoms with Crippen LogP contribution in [0.1, 0.15) is 22.5 Å². The highest BCUT2D eigenvalue weighted by Crippen LogP contribution is 2.30. The van der Waals surface area contributed by atoms with E-state index in [9.17, 15) is 22.8 Å². The van der Waals surface area contributed by atoms with Gasteiger partial charge in [0.1, 0.15) is 6.04 Å². The van der Waals surface area contributed by atoms with Crippen molar-refractivity contribution in [3.63, 3.8) is 0 Å². The van der Waals surface area contributed by atoms with Gasteiger partial charge in [0.05, 0.1) is 17.5 Å². The summed E-state index contributed by atoms with van der Waals surface area (Å²) < 4.78 is 34.7. The van der Waals surface area contributed by atoms with Crippen LogP contribution in [0.15, 0.2) is 17.5 Å². The zero-order valence-corrected chi connectivity index (χ0v) is 14.5. The number of ketones is 1. The number of hydrogen-bond donors (Lipinski definition) is 2. The summed E-state index contributed by atoms with van der Waals surface area (Å²) in [6.45, 7) is -0.0855. The van der Waals surface area contributed by atoms with Gasteiger partial charge in [-0.2, -0.15) is 13.5 Å². The fraction of sp³-hybridized carbons (Fsp3) is 0.462. The molecule has 2 N–H and O–H groups in total. The van der Waals surface area contributed by atoms with E-state index < -0.39 is 34.4 Å². The van der Waals surface area contributed by atoms with E-state index in [1.807, 2.05) is 0 Å². The van der Waals surface area contributed by atoms with Crippen LogP contribution in [0.4, 0.5) is 4.79 Å². The molecule has 0 aromatic carbocycles. The van der Waals surface area contributed by atoms with Crippen LogP contribution in [-0.4, -0.2) is 65.8 Å².